The highest BCUT2D eigenvalue weighted by Gasteiger charge is 2.33. The summed E-state index contributed by atoms with van der Waals surface area (Å²) in [6.07, 6.45) is 1.74. The maximum atomic E-state index is 13.2. The van der Waals surface area contributed by atoms with Crippen molar-refractivity contribution >= 4 is 51.0 Å². The van der Waals surface area contributed by atoms with E-state index in [1.165, 1.54) is 17.0 Å². The van der Waals surface area contributed by atoms with Gasteiger partial charge in [0.2, 0.25) is 0 Å². The third-order valence-corrected chi connectivity index (χ3v) is 5.11. The number of halogens is 2. The second kappa shape index (κ2) is 7.62. The van der Waals surface area contributed by atoms with Crippen LogP contribution in [0.5, 0.6) is 5.75 Å². The Labute approximate surface area is 175 Å². The van der Waals surface area contributed by atoms with Gasteiger partial charge in [0.1, 0.15) is 17.3 Å². The van der Waals surface area contributed by atoms with Crippen molar-refractivity contribution in [1.82, 2.24) is 0 Å². The highest BCUT2D eigenvalue weighted by molar-refractivity contribution is 9.10. The van der Waals surface area contributed by atoms with E-state index in [0.29, 0.717) is 27.8 Å². The number of phenols is 1. The first-order chi connectivity index (χ1) is 13.5. The zero-order valence-electron chi connectivity index (χ0n) is 14.5. The van der Waals surface area contributed by atoms with Gasteiger partial charge in [0.05, 0.1) is 10.7 Å². The van der Waals surface area contributed by atoms with E-state index in [9.17, 15) is 9.90 Å². The molecule has 138 valence electrons. The summed E-state index contributed by atoms with van der Waals surface area (Å²) in [7, 11) is 0. The third kappa shape index (κ3) is 3.59. The number of hydrogen-bond donors (Lipinski definition) is 1. The van der Waals surface area contributed by atoms with Crippen molar-refractivity contribution in [1.29, 1.82) is 0 Å². The van der Waals surface area contributed by atoms with Gasteiger partial charge >= 0.3 is 0 Å². The Kier molecular flexibility index (Phi) is 5.03. The molecule has 0 unspecified atom stereocenters. The van der Waals surface area contributed by atoms with E-state index >= 15 is 0 Å². The van der Waals surface area contributed by atoms with E-state index in [1.807, 2.05) is 42.5 Å². The van der Waals surface area contributed by atoms with E-state index in [1.54, 1.807) is 24.3 Å². The van der Waals surface area contributed by atoms with Gasteiger partial charge in [-0.15, -0.1) is 0 Å². The Bertz CT molecular complexity index is 1110. The van der Waals surface area contributed by atoms with E-state index in [-0.39, 0.29) is 11.7 Å². The maximum absolute atomic E-state index is 13.2. The van der Waals surface area contributed by atoms with E-state index in [2.05, 4.69) is 20.9 Å². The molecule has 28 heavy (non-hydrogen) atoms. The summed E-state index contributed by atoms with van der Waals surface area (Å²) in [5.41, 5.74) is 2.43. The number of aromatic hydroxyl groups is 1. The zero-order chi connectivity index (χ0) is 19.7. The molecular weight excluding hydrogens is 440 g/mol. The Morgan fingerprint density at radius 1 is 0.964 bits per heavy atom. The fourth-order valence-corrected chi connectivity index (χ4v) is 3.38. The lowest BCUT2D eigenvalue weighted by Crippen LogP contribution is -2.32. The Morgan fingerprint density at radius 2 is 1.64 bits per heavy atom. The van der Waals surface area contributed by atoms with Gasteiger partial charge in [0.25, 0.3) is 5.91 Å². The van der Waals surface area contributed by atoms with Crippen LogP contribution in [0.1, 0.15) is 11.1 Å². The summed E-state index contributed by atoms with van der Waals surface area (Å²) in [4.78, 5) is 19.3. The average Bonchev–Trinajstić information content (AvgIpc) is 3.01. The molecule has 6 heteroatoms. The Morgan fingerprint density at radius 3 is 2.32 bits per heavy atom. The van der Waals surface area contributed by atoms with Crippen molar-refractivity contribution in [2.24, 2.45) is 4.99 Å². The number of rotatable bonds is 3. The fourth-order valence-electron chi connectivity index (χ4n) is 2.90. The molecule has 4 nitrogen and oxygen atoms in total. The van der Waals surface area contributed by atoms with Gasteiger partial charge in [0, 0.05) is 10.0 Å². The van der Waals surface area contributed by atoms with Crippen molar-refractivity contribution in [3.05, 3.63) is 99.1 Å². The Hall–Kier alpha value is -2.89. The first kappa shape index (κ1) is 18.5. The summed E-state index contributed by atoms with van der Waals surface area (Å²) < 4.78 is 0.957. The summed E-state index contributed by atoms with van der Waals surface area (Å²) in [6.45, 7) is 0. The van der Waals surface area contributed by atoms with Crippen molar-refractivity contribution < 1.29 is 9.90 Å². The van der Waals surface area contributed by atoms with Gasteiger partial charge < -0.3 is 5.11 Å². The van der Waals surface area contributed by atoms with Gasteiger partial charge in [0.15, 0.2) is 0 Å². The largest absolute Gasteiger partial charge is 0.508 e. The van der Waals surface area contributed by atoms with Crippen LogP contribution in [0.3, 0.4) is 0 Å². The number of carbonyl (C=O) groups is 1. The van der Waals surface area contributed by atoms with Gasteiger partial charge in [-0.05, 0) is 60.2 Å². The van der Waals surface area contributed by atoms with Crippen LogP contribution < -0.4 is 4.90 Å². The molecule has 1 aliphatic heterocycles. The topological polar surface area (TPSA) is 52.9 Å². The molecule has 0 saturated carbocycles. The summed E-state index contributed by atoms with van der Waals surface area (Å²) >= 11 is 9.78. The number of amides is 1. The average molecular weight is 454 g/mol. The lowest BCUT2D eigenvalue weighted by Gasteiger charge is -2.19. The van der Waals surface area contributed by atoms with Crippen LogP contribution in [0.2, 0.25) is 5.02 Å². The minimum Gasteiger partial charge on any atom is -0.508 e. The second-order valence-electron chi connectivity index (χ2n) is 6.15. The number of benzene rings is 3. The predicted octanol–water partition coefficient (Wildman–Crippen LogP) is 5.64. The number of aliphatic imine (C=N–C) groups is 1. The lowest BCUT2D eigenvalue weighted by atomic mass is 10.1. The van der Waals surface area contributed by atoms with Gasteiger partial charge in [-0.1, -0.05) is 51.8 Å². The van der Waals surface area contributed by atoms with Crippen LogP contribution in [0.25, 0.3) is 6.08 Å². The highest BCUT2D eigenvalue weighted by Crippen LogP contribution is 2.31. The molecule has 0 atom stereocenters. The van der Waals surface area contributed by atoms with E-state index in [4.69, 9.17) is 11.6 Å². The van der Waals surface area contributed by atoms with E-state index in [0.717, 1.165) is 10.0 Å². The van der Waals surface area contributed by atoms with Crippen molar-refractivity contribution in [3.63, 3.8) is 0 Å². The first-order valence-electron chi connectivity index (χ1n) is 8.47. The number of anilines is 1. The number of phenolic OH excluding ortho intramolecular Hbond substituents is 1. The number of carbonyl (C=O) groups excluding carboxylic acids is 1. The van der Waals surface area contributed by atoms with Crippen molar-refractivity contribution in [3.8, 4) is 5.75 Å². The van der Waals surface area contributed by atoms with Gasteiger partial charge in [-0.3, -0.25) is 9.69 Å². The molecule has 0 saturated heterocycles. The molecular formula is C22H14BrClN2O2. The number of nitrogens with zero attached hydrogens (tertiary/aromatic N) is 2. The minimum absolute atomic E-state index is 0.122. The molecule has 1 N–H and O–H groups in total. The van der Waals surface area contributed by atoms with Crippen LogP contribution in [0.4, 0.5) is 5.69 Å². The normalized spacial score (nSPS) is 15.2. The molecule has 3 aromatic carbocycles. The number of amidine groups is 1. The minimum atomic E-state index is -0.261. The molecule has 0 bridgehead atoms. The SMILES string of the molecule is O=C1/C(=C\c2ccc(Br)cc2)N=C(c2ccccc2Cl)N1c1ccc(O)cc1. The smallest absolute Gasteiger partial charge is 0.282 e. The molecule has 0 fully saturated rings. The lowest BCUT2D eigenvalue weighted by molar-refractivity contribution is -0.113. The summed E-state index contributed by atoms with van der Waals surface area (Å²) in [5.74, 6) is 0.311. The molecule has 0 aliphatic carbocycles. The molecule has 0 radical (unpaired) electrons. The van der Waals surface area contributed by atoms with Crippen molar-refractivity contribution in [2.45, 2.75) is 0 Å². The van der Waals surface area contributed by atoms with Crippen LogP contribution in [-0.4, -0.2) is 16.8 Å². The molecule has 0 aromatic heterocycles. The summed E-state index contributed by atoms with van der Waals surface area (Å²) in [5, 5.41) is 10.1. The molecule has 0 spiro atoms. The predicted molar refractivity (Wildman–Crippen MR) is 116 cm³/mol. The zero-order valence-corrected chi connectivity index (χ0v) is 16.9. The summed E-state index contributed by atoms with van der Waals surface area (Å²) in [6, 6.07) is 21.3. The van der Waals surface area contributed by atoms with Crippen LogP contribution in [0.15, 0.2) is 88.0 Å². The molecule has 1 amide bonds. The molecule has 1 aliphatic rings. The standard InChI is InChI=1S/C22H14BrClN2O2/c23-15-7-5-14(6-8-15)13-20-22(28)26(16-9-11-17(27)12-10-16)21(25-20)18-3-1-2-4-19(18)24/h1-13,27H/b20-13+. The monoisotopic (exact) mass is 452 g/mol. The van der Waals surface area contributed by atoms with Crippen LogP contribution in [-0.2, 0) is 4.79 Å². The van der Waals surface area contributed by atoms with Crippen LogP contribution >= 0.6 is 27.5 Å². The van der Waals surface area contributed by atoms with E-state index < -0.39 is 0 Å². The van der Waals surface area contributed by atoms with Crippen molar-refractivity contribution in [2.75, 3.05) is 4.90 Å². The molecule has 3 aromatic rings. The van der Waals surface area contributed by atoms with Gasteiger partial charge in [-0.25, -0.2) is 4.99 Å². The highest BCUT2D eigenvalue weighted by atomic mass is 79.9. The fraction of sp³-hybridized carbons (Fsp3) is 0. The van der Waals surface area contributed by atoms with Gasteiger partial charge in [-0.2, -0.15) is 0 Å². The molecule has 4 rings (SSSR count). The first-order valence-corrected chi connectivity index (χ1v) is 9.64. The quantitative estimate of drug-likeness (QED) is 0.522. The third-order valence-electron chi connectivity index (χ3n) is 4.26. The second-order valence-corrected chi connectivity index (χ2v) is 7.48. The molecule has 1 heterocycles. The Balaban J connectivity index is 1.84. The maximum Gasteiger partial charge on any atom is 0.282 e. The van der Waals surface area contributed by atoms with Crippen LogP contribution in [0, 0.1) is 0 Å². The number of hydrogen-bond acceptors (Lipinski definition) is 3.